The van der Waals surface area contributed by atoms with Crippen molar-refractivity contribution in [1.29, 1.82) is 0 Å². The van der Waals surface area contributed by atoms with E-state index in [-0.39, 0.29) is 0 Å². The molecule has 3 heteroatoms. The van der Waals surface area contributed by atoms with Crippen molar-refractivity contribution < 1.29 is 0 Å². The van der Waals surface area contributed by atoms with Gasteiger partial charge in [0.15, 0.2) is 0 Å². The Labute approximate surface area is 104 Å². The van der Waals surface area contributed by atoms with Crippen LogP contribution in [0.3, 0.4) is 0 Å². The van der Waals surface area contributed by atoms with E-state index >= 15 is 0 Å². The van der Waals surface area contributed by atoms with E-state index in [1.807, 2.05) is 0 Å². The Morgan fingerprint density at radius 1 is 1.41 bits per heavy atom. The van der Waals surface area contributed by atoms with Crippen LogP contribution >= 0.6 is 0 Å². The van der Waals surface area contributed by atoms with Crippen molar-refractivity contribution in [3.8, 4) is 0 Å². The van der Waals surface area contributed by atoms with Crippen LogP contribution in [0.1, 0.15) is 50.8 Å². The predicted octanol–water partition coefficient (Wildman–Crippen LogP) is 2.47. The van der Waals surface area contributed by atoms with Gasteiger partial charge in [-0.2, -0.15) is 0 Å². The third-order valence-electron chi connectivity index (χ3n) is 3.46. The molecule has 96 valence electrons. The SMILES string of the molecule is CCc1nc(CC2CCCN2)[nH]c1CC(C)C. The van der Waals surface area contributed by atoms with E-state index in [1.165, 1.54) is 36.6 Å². The molecular weight excluding hydrogens is 210 g/mol. The zero-order valence-electron chi connectivity index (χ0n) is 11.3. The molecule has 0 radical (unpaired) electrons. The lowest BCUT2D eigenvalue weighted by Crippen LogP contribution is -2.24. The minimum atomic E-state index is 0.637. The fourth-order valence-corrected chi connectivity index (χ4v) is 2.64. The first-order valence-electron chi connectivity index (χ1n) is 6.99. The maximum Gasteiger partial charge on any atom is 0.108 e. The molecule has 1 aliphatic rings. The van der Waals surface area contributed by atoms with Crippen LogP contribution < -0.4 is 5.32 Å². The first-order valence-corrected chi connectivity index (χ1v) is 6.99. The molecule has 17 heavy (non-hydrogen) atoms. The van der Waals surface area contributed by atoms with Gasteiger partial charge in [-0.15, -0.1) is 0 Å². The number of imidazole rings is 1. The van der Waals surface area contributed by atoms with Gasteiger partial charge in [-0.3, -0.25) is 0 Å². The van der Waals surface area contributed by atoms with Gasteiger partial charge < -0.3 is 10.3 Å². The number of aromatic nitrogens is 2. The Bertz CT molecular complexity index is 348. The zero-order chi connectivity index (χ0) is 12.3. The van der Waals surface area contributed by atoms with Gasteiger partial charge in [0, 0.05) is 18.2 Å². The summed E-state index contributed by atoms with van der Waals surface area (Å²) in [7, 11) is 0. The van der Waals surface area contributed by atoms with Gasteiger partial charge in [0.2, 0.25) is 0 Å². The lowest BCUT2D eigenvalue weighted by Gasteiger charge is -2.07. The summed E-state index contributed by atoms with van der Waals surface area (Å²) in [6.07, 6.45) is 5.82. The molecule has 0 amide bonds. The van der Waals surface area contributed by atoms with Crippen molar-refractivity contribution in [2.24, 2.45) is 5.92 Å². The van der Waals surface area contributed by atoms with E-state index in [4.69, 9.17) is 4.98 Å². The fraction of sp³-hybridized carbons (Fsp3) is 0.786. The number of hydrogen-bond acceptors (Lipinski definition) is 2. The van der Waals surface area contributed by atoms with Gasteiger partial charge in [-0.25, -0.2) is 4.98 Å². The van der Waals surface area contributed by atoms with Crippen LogP contribution in [0.4, 0.5) is 0 Å². The van der Waals surface area contributed by atoms with Crippen molar-refractivity contribution in [1.82, 2.24) is 15.3 Å². The summed E-state index contributed by atoms with van der Waals surface area (Å²) in [6.45, 7) is 7.89. The number of rotatable bonds is 5. The van der Waals surface area contributed by atoms with Crippen LogP contribution in [0.15, 0.2) is 0 Å². The quantitative estimate of drug-likeness (QED) is 0.823. The molecule has 2 N–H and O–H groups in total. The van der Waals surface area contributed by atoms with Gasteiger partial charge in [0.05, 0.1) is 5.69 Å². The maximum atomic E-state index is 4.75. The zero-order valence-corrected chi connectivity index (χ0v) is 11.3. The number of nitrogens with zero attached hydrogens (tertiary/aromatic N) is 1. The molecule has 0 saturated carbocycles. The number of H-pyrrole nitrogens is 1. The largest absolute Gasteiger partial charge is 0.346 e. The summed E-state index contributed by atoms with van der Waals surface area (Å²) in [5.74, 6) is 1.87. The molecule has 0 spiro atoms. The topological polar surface area (TPSA) is 40.7 Å². The number of hydrogen-bond donors (Lipinski definition) is 2. The van der Waals surface area contributed by atoms with Crippen LogP contribution in [0.5, 0.6) is 0 Å². The van der Waals surface area contributed by atoms with Crippen molar-refractivity contribution in [3.63, 3.8) is 0 Å². The van der Waals surface area contributed by atoms with Gasteiger partial charge in [0.1, 0.15) is 5.82 Å². The Morgan fingerprint density at radius 2 is 2.24 bits per heavy atom. The third-order valence-corrected chi connectivity index (χ3v) is 3.46. The molecule has 3 nitrogen and oxygen atoms in total. The lowest BCUT2D eigenvalue weighted by atomic mass is 10.1. The first kappa shape index (κ1) is 12.6. The van der Waals surface area contributed by atoms with Crippen molar-refractivity contribution in [3.05, 3.63) is 17.2 Å². The number of nitrogens with one attached hydrogen (secondary N) is 2. The summed E-state index contributed by atoms with van der Waals surface area (Å²) in [6, 6.07) is 0.637. The highest BCUT2D eigenvalue weighted by Crippen LogP contribution is 2.15. The van der Waals surface area contributed by atoms with E-state index < -0.39 is 0 Å². The third kappa shape index (κ3) is 3.32. The van der Waals surface area contributed by atoms with Crippen LogP contribution in [-0.4, -0.2) is 22.6 Å². The van der Waals surface area contributed by atoms with Gasteiger partial charge >= 0.3 is 0 Å². The van der Waals surface area contributed by atoms with E-state index in [1.54, 1.807) is 0 Å². The summed E-state index contributed by atoms with van der Waals surface area (Å²) in [5.41, 5.74) is 2.63. The molecule has 2 rings (SSSR count). The van der Waals surface area contributed by atoms with Crippen LogP contribution in [0.25, 0.3) is 0 Å². The molecule has 0 bridgehead atoms. The number of aromatic amines is 1. The normalized spacial score (nSPS) is 20.4. The molecule has 1 fully saturated rings. The summed E-state index contributed by atoms with van der Waals surface area (Å²) < 4.78 is 0. The van der Waals surface area contributed by atoms with Crippen LogP contribution in [0, 0.1) is 5.92 Å². The number of aryl methyl sites for hydroxylation is 1. The van der Waals surface area contributed by atoms with Crippen LogP contribution in [0.2, 0.25) is 0 Å². The Hall–Kier alpha value is -0.830. The molecule has 0 aromatic carbocycles. The average molecular weight is 235 g/mol. The summed E-state index contributed by atoms with van der Waals surface area (Å²) in [4.78, 5) is 8.29. The Morgan fingerprint density at radius 3 is 2.82 bits per heavy atom. The summed E-state index contributed by atoms with van der Waals surface area (Å²) in [5, 5.41) is 3.53. The highest BCUT2D eigenvalue weighted by molar-refractivity contribution is 5.16. The second-order valence-corrected chi connectivity index (χ2v) is 5.56. The lowest BCUT2D eigenvalue weighted by molar-refractivity contribution is 0.585. The molecule has 1 saturated heterocycles. The molecule has 1 aliphatic heterocycles. The van der Waals surface area contributed by atoms with Crippen molar-refractivity contribution in [2.75, 3.05) is 6.54 Å². The monoisotopic (exact) mass is 235 g/mol. The Balaban J connectivity index is 2.04. The molecule has 2 heterocycles. The second kappa shape index (κ2) is 5.67. The van der Waals surface area contributed by atoms with Gasteiger partial charge in [-0.05, 0) is 38.1 Å². The van der Waals surface area contributed by atoms with E-state index in [0.717, 1.165) is 19.3 Å². The van der Waals surface area contributed by atoms with Gasteiger partial charge in [0.25, 0.3) is 0 Å². The smallest absolute Gasteiger partial charge is 0.108 e. The maximum absolute atomic E-state index is 4.75. The average Bonchev–Trinajstić information content (AvgIpc) is 2.88. The molecule has 1 aromatic rings. The first-order chi connectivity index (χ1) is 8.19. The predicted molar refractivity (Wildman–Crippen MR) is 71.2 cm³/mol. The molecule has 1 aromatic heterocycles. The minimum absolute atomic E-state index is 0.637. The van der Waals surface area contributed by atoms with Crippen LogP contribution in [-0.2, 0) is 19.3 Å². The Kier molecular flexibility index (Phi) is 4.21. The fourth-order valence-electron chi connectivity index (χ4n) is 2.64. The highest BCUT2D eigenvalue weighted by Gasteiger charge is 2.17. The van der Waals surface area contributed by atoms with Gasteiger partial charge in [-0.1, -0.05) is 20.8 Å². The van der Waals surface area contributed by atoms with E-state index in [2.05, 4.69) is 31.1 Å². The molecule has 1 unspecified atom stereocenters. The van der Waals surface area contributed by atoms with E-state index in [0.29, 0.717) is 12.0 Å². The second-order valence-electron chi connectivity index (χ2n) is 5.56. The molecule has 1 atom stereocenters. The molecule has 0 aliphatic carbocycles. The van der Waals surface area contributed by atoms with Crippen molar-refractivity contribution >= 4 is 0 Å². The van der Waals surface area contributed by atoms with Crippen molar-refractivity contribution in [2.45, 2.75) is 58.9 Å². The standard InChI is InChI=1S/C14H25N3/c1-4-12-13(8-10(2)3)17-14(16-12)9-11-6-5-7-15-11/h10-11,15H,4-9H2,1-3H3,(H,16,17). The summed E-state index contributed by atoms with van der Waals surface area (Å²) >= 11 is 0. The molecular formula is C14H25N3. The highest BCUT2D eigenvalue weighted by atomic mass is 15.0. The minimum Gasteiger partial charge on any atom is -0.346 e. The van der Waals surface area contributed by atoms with E-state index in [9.17, 15) is 0 Å².